The number of methoxy groups -OCH3 is 1. The van der Waals surface area contributed by atoms with Crippen molar-refractivity contribution in [3.63, 3.8) is 0 Å². The molecule has 0 bridgehead atoms. The standard InChI is InChI=1S/C17H20N2O3S2/c1-11-18-14(12-7-5-4-6-8-12)15(24-11)16(20)19-13(9-10-23-3)17(21)22-2/h4-8,13H,9-10H2,1-3H3,(H,19,20)/t13-/m1/s1. The summed E-state index contributed by atoms with van der Waals surface area (Å²) in [5.41, 5.74) is 1.52. The highest BCUT2D eigenvalue weighted by Crippen LogP contribution is 2.28. The number of ether oxygens (including phenoxy) is 1. The highest BCUT2D eigenvalue weighted by atomic mass is 32.2. The molecule has 1 heterocycles. The van der Waals surface area contributed by atoms with Crippen molar-refractivity contribution in [1.29, 1.82) is 0 Å². The van der Waals surface area contributed by atoms with Gasteiger partial charge in [-0.25, -0.2) is 9.78 Å². The Morgan fingerprint density at radius 3 is 2.67 bits per heavy atom. The maximum atomic E-state index is 12.7. The Labute approximate surface area is 149 Å². The van der Waals surface area contributed by atoms with Gasteiger partial charge in [0.05, 0.1) is 17.8 Å². The van der Waals surface area contributed by atoms with Crippen LogP contribution in [0.3, 0.4) is 0 Å². The lowest BCUT2D eigenvalue weighted by Crippen LogP contribution is -2.41. The molecule has 2 aromatic rings. The van der Waals surface area contributed by atoms with Crippen LogP contribution in [0.1, 0.15) is 21.1 Å². The lowest BCUT2D eigenvalue weighted by atomic mass is 10.1. The number of carbonyl (C=O) groups excluding carboxylic acids is 2. The number of carbonyl (C=O) groups is 2. The zero-order valence-electron chi connectivity index (χ0n) is 13.9. The summed E-state index contributed by atoms with van der Waals surface area (Å²) in [4.78, 5) is 29.6. The number of amides is 1. The lowest BCUT2D eigenvalue weighted by Gasteiger charge is -2.15. The number of aromatic nitrogens is 1. The average Bonchev–Trinajstić information content (AvgIpc) is 3.00. The lowest BCUT2D eigenvalue weighted by molar-refractivity contribution is -0.142. The third-order valence-corrected chi connectivity index (χ3v) is 5.00. The van der Waals surface area contributed by atoms with Crippen LogP contribution in [-0.2, 0) is 9.53 Å². The van der Waals surface area contributed by atoms with E-state index in [0.717, 1.165) is 16.3 Å². The van der Waals surface area contributed by atoms with E-state index in [-0.39, 0.29) is 5.91 Å². The number of thioether (sulfide) groups is 1. The third-order valence-electron chi connectivity index (χ3n) is 3.39. The summed E-state index contributed by atoms with van der Waals surface area (Å²) in [6, 6.07) is 8.90. The van der Waals surface area contributed by atoms with Gasteiger partial charge in [0.1, 0.15) is 10.9 Å². The summed E-state index contributed by atoms with van der Waals surface area (Å²) in [5, 5.41) is 3.59. The number of aryl methyl sites for hydroxylation is 1. The summed E-state index contributed by atoms with van der Waals surface area (Å²) >= 11 is 2.94. The van der Waals surface area contributed by atoms with Crippen LogP contribution in [0.25, 0.3) is 11.3 Å². The SMILES string of the molecule is COC(=O)[C@@H](CCSC)NC(=O)c1sc(C)nc1-c1ccccc1. The zero-order chi connectivity index (χ0) is 17.5. The Bertz CT molecular complexity index is 701. The smallest absolute Gasteiger partial charge is 0.328 e. The normalized spacial score (nSPS) is 11.8. The van der Waals surface area contributed by atoms with Crippen LogP contribution < -0.4 is 5.32 Å². The first-order valence-electron chi connectivity index (χ1n) is 7.47. The van der Waals surface area contributed by atoms with Crippen LogP contribution in [-0.4, -0.2) is 42.0 Å². The second-order valence-corrected chi connectivity index (χ2v) is 7.30. The van der Waals surface area contributed by atoms with Gasteiger partial charge in [0, 0.05) is 5.56 Å². The molecule has 0 spiro atoms. The Morgan fingerprint density at radius 1 is 1.33 bits per heavy atom. The van der Waals surface area contributed by atoms with E-state index in [1.807, 2.05) is 43.5 Å². The molecule has 1 amide bonds. The predicted molar refractivity (Wildman–Crippen MR) is 98.6 cm³/mol. The van der Waals surface area contributed by atoms with E-state index < -0.39 is 12.0 Å². The number of hydrogen-bond donors (Lipinski definition) is 1. The Balaban J connectivity index is 2.24. The van der Waals surface area contributed by atoms with Gasteiger partial charge in [0.15, 0.2) is 0 Å². The van der Waals surface area contributed by atoms with Crippen molar-refractivity contribution < 1.29 is 14.3 Å². The molecule has 0 fully saturated rings. The minimum Gasteiger partial charge on any atom is -0.467 e. The molecule has 1 atom stereocenters. The second-order valence-electron chi connectivity index (χ2n) is 5.11. The average molecular weight is 364 g/mol. The van der Waals surface area contributed by atoms with Gasteiger partial charge in [-0.1, -0.05) is 30.3 Å². The fourth-order valence-electron chi connectivity index (χ4n) is 2.22. The summed E-state index contributed by atoms with van der Waals surface area (Å²) in [7, 11) is 1.33. The molecule has 1 N–H and O–H groups in total. The van der Waals surface area contributed by atoms with E-state index in [1.54, 1.807) is 11.8 Å². The monoisotopic (exact) mass is 364 g/mol. The van der Waals surface area contributed by atoms with Crippen molar-refractivity contribution in [2.45, 2.75) is 19.4 Å². The van der Waals surface area contributed by atoms with Crippen molar-refractivity contribution in [3.8, 4) is 11.3 Å². The third kappa shape index (κ3) is 4.58. The van der Waals surface area contributed by atoms with E-state index in [2.05, 4.69) is 10.3 Å². The van der Waals surface area contributed by atoms with Crippen LogP contribution in [0, 0.1) is 6.92 Å². The molecule has 128 valence electrons. The summed E-state index contributed by atoms with van der Waals surface area (Å²) in [6.45, 7) is 1.86. The highest BCUT2D eigenvalue weighted by Gasteiger charge is 2.25. The molecule has 7 heteroatoms. The predicted octanol–water partition coefficient (Wildman–Crippen LogP) is 3.14. The first kappa shape index (κ1) is 18.5. The Morgan fingerprint density at radius 2 is 2.04 bits per heavy atom. The van der Waals surface area contributed by atoms with Gasteiger partial charge in [-0.3, -0.25) is 4.79 Å². The van der Waals surface area contributed by atoms with Crippen molar-refractivity contribution in [1.82, 2.24) is 10.3 Å². The number of hydrogen-bond acceptors (Lipinski definition) is 6. The van der Waals surface area contributed by atoms with Crippen LogP contribution >= 0.6 is 23.1 Å². The van der Waals surface area contributed by atoms with E-state index in [4.69, 9.17) is 4.74 Å². The molecule has 0 saturated carbocycles. The molecular formula is C17H20N2O3S2. The van der Waals surface area contributed by atoms with E-state index >= 15 is 0 Å². The van der Waals surface area contributed by atoms with Gasteiger partial charge in [-0.05, 0) is 25.4 Å². The van der Waals surface area contributed by atoms with Gasteiger partial charge in [-0.15, -0.1) is 11.3 Å². The van der Waals surface area contributed by atoms with Gasteiger partial charge < -0.3 is 10.1 Å². The number of esters is 1. The molecule has 0 aliphatic carbocycles. The zero-order valence-corrected chi connectivity index (χ0v) is 15.5. The molecule has 0 saturated heterocycles. The molecule has 2 rings (SSSR count). The summed E-state index contributed by atoms with van der Waals surface area (Å²) in [6.07, 6.45) is 2.48. The quantitative estimate of drug-likeness (QED) is 0.765. The molecular weight excluding hydrogens is 344 g/mol. The number of benzene rings is 1. The molecule has 0 unspecified atom stereocenters. The minimum absolute atomic E-state index is 0.295. The van der Waals surface area contributed by atoms with E-state index in [9.17, 15) is 9.59 Å². The van der Waals surface area contributed by atoms with Crippen molar-refractivity contribution in [2.75, 3.05) is 19.1 Å². The topological polar surface area (TPSA) is 68.3 Å². The number of nitrogens with one attached hydrogen (secondary N) is 1. The molecule has 0 aliphatic heterocycles. The summed E-state index contributed by atoms with van der Waals surface area (Å²) < 4.78 is 4.79. The van der Waals surface area contributed by atoms with Crippen LogP contribution in [0.4, 0.5) is 0 Å². The van der Waals surface area contributed by atoms with Crippen LogP contribution in [0.5, 0.6) is 0 Å². The largest absolute Gasteiger partial charge is 0.467 e. The fourth-order valence-corrected chi connectivity index (χ4v) is 3.54. The molecule has 0 radical (unpaired) electrons. The van der Waals surface area contributed by atoms with Gasteiger partial charge >= 0.3 is 5.97 Å². The fraction of sp³-hybridized carbons (Fsp3) is 0.353. The first-order valence-corrected chi connectivity index (χ1v) is 9.68. The molecule has 1 aromatic carbocycles. The molecule has 24 heavy (non-hydrogen) atoms. The number of nitrogens with zero attached hydrogens (tertiary/aromatic N) is 1. The van der Waals surface area contributed by atoms with Gasteiger partial charge in [-0.2, -0.15) is 11.8 Å². The Hall–Kier alpha value is -1.86. The highest BCUT2D eigenvalue weighted by molar-refractivity contribution is 7.98. The minimum atomic E-state index is -0.652. The molecule has 5 nitrogen and oxygen atoms in total. The van der Waals surface area contributed by atoms with Crippen molar-refractivity contribution in [2.24, 2.45) is 0 Å². The maximum Gasteiger partial charge on any atom is 0.328 e. The summed E-state index contributed by atoms with van der Waals surface area (Å²) in [5.74, 6) is 0.0312. The van der Waals surface area contributed by atoms with Crippen LogP contribution in [0.15, 0.2) is 30.3 Å². The first-order chi connectivity index (χ1) is 11.6. The number of rotatable bonds is 7. The van der Waals surface area contributed by atoms with E-state index in [1.165, 1.54) is 18.4 Å². The van der Waals surface area contributed by atoms with Crippen molar-refractivity contribution in [3.05, 3.63) is 40.2 Å². The van der Waals surface area contributed by atoms with Crippen molar-refractivity contribution >= 4 is 35.0 Å². The second kappa shape index (κ2) is 8.84. The van der Waals surface area contributed by atoms with Gasteiger partial charge in [0.25, 0.3) is 5.91 Å². The molecule has 0 aliphatic rings. The maximum absolute atomic E-state index is 12.7. The van der Waals surface area contributed by atoms with Gasteiger partial charge in [0.2, 0.25) is 0 Å². The van der Waals surface area contributed by atoms with Crippen LogP contribution in [0.2, 0.25) is 0 Å². The Kier molecular flexibility index (Phi) is 6.81. The van der Waals surface area contributed by atoms with E-state index in [0.29, 0.717) is 17.0 Å². The number of thiazole rings is 1. The molecule has 1 aromatic heterocycles.